The molecule has 47 heavy (non-hydrogen) atoms. The van der Waals surface area contributed by atoms with Crippen LogP contribution in [0.2, 0.25) is 0 Å². The summed E-state index contributed by atoms with van der Waals surface area (Å²) in [4.78, 5) is 34.2. The number of fused-ring (bicyclic) bond motifs is 1. The van der Waals surface area contributed by atoms with Gasteiger partial charge in [0.2, 0.25) is 21.9 Å². The van der Waals surface area contributed by atoms with E-state index in [0.29, 0.717) is 85.9 Å². The summed E-state index contributed by atoms with van der Waals surface area (Å²) in [6.45, 7) is 3.36. The van der Waals surface area contributed by atoms with Crippen molar-refractivity contribution in [1.29, 1.82) is 0 Å². The lowest BCUT2D eigenvalue weighted by atomic mass is 10.1. The number of anilines is 3. The van der Waals surface area contributed by atoms with Gasteiger partial charge in [0, 0.05) is 68.4 Å². The molecule has 1 N–H and O–H groups in total. The standard InChI is InChI=1S/C31H34FN7O7S/c1-43-29-24(37-47(3,41)42)14-20(18-34-29)27-23-15-21(32)16-25(28(23)36-31(35-27)39-10-12-45-13-11-39)46-22-6-8-38(9-7-22)26-5-4-19(17-33-26)30(40)44-2/h4-5,14-18,22,37H,6-13H2,1-3H3. The number of halogens is 1. The average molecular weight is 668 g/mol. The van der Waals surface area contributed by atoms with Crippen LogP contribution in [-0.4, -0.2) is 100 Å². The summed E-state index contributed by atoms with van der Waals surface area (Å²) >= 11 is 0. The van der Waals surface area contributed by atoms with E-state index in [-0.39, 0.29) is 23.4 Å². The van der Waals surface area contributed by atoms with Crippen LogP contribution in [0.15, 0.2) is 42.7 Å². The molecule has 0 bridgehead atoms. The summed E-state index contributed by atoms with van der Waals surface area (Å²) in [5.74, 6) is 0.487. The number of morpholine rings is 1. The van der Waals surface area contributed by atoms with Gasteiger partial charge in [0.25, 0.3) is 0 Å². The maximum Gasteiger partial charge on any atom is 0.339 e. The number of aromatic nitrogens is 4. The fourth-order valence-corrected chi connectivity index (χ4v) is 6.13. The van der Waals surface area contributed by atoms with Crippen molar-refractivity contribution in [1.82, 2.24) is 19.9 Å². The number of pyridine rings is 2. The number of rotatable bonds is 9. The monoisotopic (exact) mass is 667 g/mol. The van der Waals surface area contributed by atoms with Crippen LogP contribution in [-0.2, 0) is 19.5 Å². The van der Waals surface area contributed by atoms with E-state index < -0.39 is 21.8 Å². The van der Waals surface area contributed by atoms with Crippen LogP contribution >= 0.6 is 0 Å². The van der Waals surface area contributed by atoms with E-state index in [0.717, 1.165) is 12.1 Å². The molecule has 0 aliphatic carbocycles. The molecule has 16 heteroatoms. The predicted molar refractivity (Wildman–Crippen MR) is 172 cm³/mol. The Labute approximate surface area is 270 Å². The fourth-order valence-electron chi connectivity index (χ4n) is 5.58. The molecule has 0 saturated carbocycles. The van der Waals surface area contributed by atoms with E-state index in [1.54, 1.807) is 18.2 Å². The molecule has 14 nitrogen and oxygen atoms in total. The Balaban J connectivity index is 1.33. The fraction of sp³-hybridized carbons (Fsp3) is 0.387. The summed E-state index contributed by atoms with van der Waals surface area (Å²) in [6.07, 6.45) is 5.04. The first-order chi connectivity index (χ1) is 22.6. The molecule has 2 aliphatic rings. The van der Waals surface area contributed by atoms with Gasteiger partial charge in [-0.1, -0.05) is 0 Å². The minimum absolute atomic E-state index is 0.0714. The SMILES string of the molecule is COC(=O)c1ccc(N2CCC(Oc3cc(F)cc4c(-c5cnc(OC)c(NS(C)(=O)=O)c5)nc(N5CCOCC5)nc34)CC2)nc1. The Bertz CT molecular complexity index is 1880. The van der Waals surface area contributed by atoms with Crippen LogP contribution in [0.4, 0.5) is 21.8 Å². The molecule has 4 aromatic rings. The van der Waals surface area contributed by atoms with Crippen LogP contribution in [0.5, 0.6) is 11.6 Å². The molecule has 5 heterocycles. The zero-order valence-electron chi connectivity index (χ0n) is 26.1. The quantitative estimate of drug-likeness (QED) is 0.260. The smallest absolute Gasteiger partial charge is 0.339 e. The number of carbonyl (C=O) groups excluding carboxylic acids is 1. The minimum Gasteiger partial charge on any atom is -0.488 e. The first kappa shape index (κ1) is 32.1. The molecule has 6 rings (SSSR count). The molecular formula is C31H34FN7O7S. The Hall–Kier alpha value is -4.83. The number of hydrogen-bond acceptors (Lipinski definition) is 13. The zero-order chi connectivity index (χ0) is 33.1. The number of nitrogens with zero attached hydrogens (tertiary/aromatic N) is 6. The number of hydrogen-bond donors (Lipinski definition) is 1. The lowest BCUT2D eigenvalue weighted by Crippen LogP contribution is -2.38. The second kappa shape index (κ2) is 13.5. The highest BCUT2D eigenvalue weighted by molar-refractivity contribution is 7.92. The maximum atomic E-state index is 15.3. The molecule has 0 radical (unpaired) electrons. The Morgan fingerprint density at radius 2 is 1.77 bits per heavy atom. The van der Waals surface area contributed by atoms with Gasteiger partial charge < -0.3 is 28.7 Å². The zero-order valence-corrected chi connectivity index (χ0v) is 26.9. The Morgan fingerprint density at radius 3 is 2.43 bits per heavy atom. The summed E-state index contributed by atoms with van der Waals surface area (Å²) in [6, 6.07) is 7.66. The predicted octanol–water partition coefficient (Wildman–Crippen LogP) is 3.28. The van der Waals surface area contributed by atoms with Crippen molar-refractivity contribution in [2.75, 3.05) is 74.4 Å². The largest absolute Gasteiger partial charge is 0.488 e. The number of piperidine rings is 1. The molecular weight excluding hydrogens is 633 g/mol. The Kier molecular flexibility index (Phi) is 9.22. The highest BCUT2D eigenvalue weighted by atomic mass is 32.2. The molecule has 248 valence electrons. The lowest BCUT2D eigenvalue weighted by Gasteiger charge is -2.33. The molecule has 0 amide bonds. The number of esters is 1. The van der Waals surface area contributed by atoms with Crippen LogP contribution in [0, 0.1) is 5.82 Å². The summed E-state index contributed by atoms with van der Waals surface area (Å²) < 4.78 is 63.9. The van der Waals surface area contributed by atoms with Crippen LogP contribution in [0.1, 0.15) is 23.2 Å². The topological polar surface area (TPSA) is 158 Å². The van der Waals surface area contributed by atoms with E-state index in [9.17, 15) is 13.2 Å². The maximum absolute atomic E-state index is 15.3. The Morgan fingerprint density at radius 1 is 1.00 bits per heavy atom. The normalized spacial score (nSPS) is 15.8. The van der Waals surface area contributed by atoms with Crippen LogP contribution in [0.25, 0.3) is 22.2 Å². The van der Waals surface area contributed by atoms with Crippen molar-refractivity contribution in [3.63, 3.8) is 0 Å². The van der Waals surface area contributed by atoms with Crippen molar-refractivity contribution in [2.24, 2.45) is 0 Å². The number of carbonyl (C=O) groups is 1. The second-order valence-electron chi connectivity index (χ2n) is 11.1. The van der Waals surface area contributed by atoms with Gasteiger partial charge in [0.05, 0.1) is 44.9 Å². The number of ether oxygens (including phenoxy) is 4. The van der Waals surface area contributed by atoms with Crippen molar-refractivity contribution >= 4 is 44.3 Å². The number of benzene rings is 1. The molecule has 1 aromatic carbocycles. The van der Waals surface area contributed by atoms with Crippen LogP contribution < -0.4 is 24.0 Å². The summed E-state index contributed by atoms with van der Waals surface area (Å²) in [5.41, 5.74) is 1.67. The molecule has 2 fully saturated rings. The van der Waals surface area contributed by atoms with Crippen molar-refractivity contribution in [3.8, 4) is 22.9 Å². The molecule has 2 aliphatic heterocycles. The van der Waals surface area contributed by atoms with E-state index >= 15 is 4.39 Å². The average Bonchev–Trinajstić information content (AvgIpc) is 3.07. The highest BCUT2D eigenvalue weighted by Crippen LogP contribution is 2.37. The van der Waals surface area contributed by atoms with Gasteiger partial charge in [-0.2, -0.15) is 0 Å². The lowest BCUT2D eigenvalue weighted by molar-refractivity contribution is 0.0600. The van der Waals surface area contributed by atoms with Crippen molar-refractivity contribution in [3.05, 3.63) is 54.1 Å². The van der Waals surface area contributed by atoms with Crippen LogP contribution in [0.3, 0.4) is 0 Å². The van der Waals surface area contributed by atoms with E-state index in [1.807, 2.05) is 4.90 Å². The molecule has 0 unspecified atom stereocenters. The molecule has 0 atom stereocenters. The third-order valence-electron chi connectivity index (χ3n) is 7.85. The van der Waals surface area contributed by atoms with Gasteiger partial charge in [-0.15, -0.1) is 0 Å². The van der Waals surface area contributed by atoms with Crippen molar-refractivity contribution in [2.45, 2.75) is 18.9 Å². The molecule has 3 aromatic heterocycles. The van der Waals surface area contributed by atoms with Gasteiger partial charge in [0.15, 0.2) is 0 Å². The number of sulfonamides is 1. The third kappa shape index (κ3) is 7.28. The number of methoxy groups -OCH3 is 2. The molecule has 0 spiro atoms. The summed E-state index contributed by atoms with van der Waals surface area (Å²) in [5, 5.41) is 0.376. The van der Waals surface area contributed by atoms with E-state index in [2.05, 4.69) is 19.6 Å². The minimum atomic E-state index is -3.67. The first-order valence-corrected chi connectivity index (χ1v) is 16.8. The highest BCUT2D eigenvalue weighted by Gasteiger charge is 2.26. The van der Waals surface area contributed by atoms with Gasteiger partial charge in [-0.3, -0.25) is 4.72 Å². The van der Waals surface area contributed by atoms with Gasteiger partial charge in [-0.05, 0) is 24.3 Å². The third-order valence-corrected chi connectivity index (χ3v) is 8.44. The second-order valence-corrected chi connectivity index (χ2v) is 12.9. The number of nitrogens with one attached hydrogen (secondary N) is 1. The first-order valence-electron chi connectivity index (χ1n) is 14.9. The molecule has 2 saturated heterocycles. The van der Waals surface area contributed by atoms with Gasteiger partial charge >= 0.3 is 5.97 Å². The van der Waals surface area contributed by atoms with E-state index in [4.69, 9.17) is 28.9 Å². The van der Waals surface area contributed by atoms with Gasteiger partial charge in [-0.25, -0.2) is 37.5 Å². The van der Waals surface area contributed by atoms with Gasteiger partial charge in [0.1, 0.15) is 34.7 Å². The van der Waals surface area contributed by atoms with E-state index in [1.165, 1.54) is 38.7 Å². The van der Waals surface area contributed by atoms with Crippen molar-refractivity contribution < 1.29 is 36.6 Å². The summed E-state index contributed by atoms with van der Waals surface area (Å²) in [7, 11) is -0.960.